The summed E-state index contributed by atoms with van der Waals surface area (Å²) in [6.45, 7) is 1.74. The molecule has 0 radical (unpaired) electrons. The highest BCUT2D eigenvalue weighted by molar-refractivity contribution is 5.63. The second kappa shape index (κ2) is 5.83. The molecule has 3 nitrogen and oxygen atoms in total. The van der Waals surface area contributed by atoms with Gasteiger partial charge in [-0.05, 0) is 13.0 Å². The minimum absolute atomic E-state index is 0.116. The van der Waals surface area contributed by atoms with Crippen molar-refractivity contribution in [2.75, 3.05) is 6.61 Å². The number of pyridine rings is 1. The molecular formula is C15H11F3N2O. The van der Waals surface area contributed by atoms with Crippen molar-refractivity contribution in [3.63, 3.8) is 0 Å². The van der Waals surface area contributed by atoms with Gasteiger partial charge in [-0.1, -0.05) is 30.3 Å². The van der Waals surface area contributed by atoms with Crippen LogP contribution in [0.15, 0.2) is 36.4 Å². The Morgan fingerprint density at radius 1 is 1.24 bits per heavy atom. The van der Waals surface area contributed by atoms with Crippen molar-refractivity contribution in [1.29, 1.82) is 5.26 Å². The monoisotopic (exact) mass is 292 g/mol. The summed E-state index contributed by atoms with van der Waals surface area (Å²) in [5.74, 6) is -0.298. The molecule has 0 atom stereocenters. The van der Waals surface area contributed by atoms with Crippen LogP contribution in [0.4, 0.5) is 13.2 Å². The maximum Gasteiger partial charge on any atom is 0.417 e. The molecule has 108 valence electrons. The van der Waals surface area contributed by atoms with Gasteiger partial charge in [0.2, 0.25) is 5.88 Å². The van der Waals surface area contributed by atoms with E-state index in [-0.39, 0.29) is 18.2 Å². The highest BCUT2D eigenvalue weighted by Gasteiger charge is 2.36. The summed E-state index contributed by atoms with van der Waals surface area (Å²) in [5.41, 5.74) is -0.995. The number of rotatable bonds is 3. The minimum atomic E-state index is -4.65. The third kappa shape index (κ3) is 3.14. The number of benzene rings is 1. The first-order valence-corrected chi connectivity index (χ1v) is 6.18. The largest absolute Gasteiger partial charge is 0.477 e. The van der Waals surface area contributed by atoms with E-state index in [1.807, 2.05) is 0 Å². The minimum Gasteiger partial charge on any atom is -0.477 e. The molecule has 0 aliphatic carbocycles. The maximum absolute atomic E-state index is 13.1. The van der Waals surface area contributed by atoms with Gasteiger partial charge in [-0.3, -0.25) is 0 Å². The van der Waals surface area contributed by atoms with Gasteiger partial charge in [0, 0.05) is 5.56 Å². The van der Waals surface area contributed by atoms with Crippen LogP contribution in [0.2, 0.25) is 0 Å². The van der Waals surface area contributed by atoms with Gasteiger partial charge in [-0.15, -0.1) is 0 Å². The first kappa shape index (κ1) is 14.9. The maximum atomic E-state index is 13.1. The third-order valence-electron chi connectivity index (χ3n) is 2.75. The molecule has 0 saturated heterocycles. The van der Waals surface area contributed by atoms with E-state index in [9.17, 15) is 13.2 Å². The lowest BCUT2D eigenvalue weighted by atomic mass is 10.0. The van der Waals surface area contributed by atoms with E-state index in [1.54, 1.807) is 37.3 Å². The second-order valence-electron chi connectivity index (χ2n) is 4.14. The SMILES string of the molecule is CCOc1nc(-c2ccccc2)cc(C(F)(F)F)c1C#N. The fraction of sp³-hybridized carbons (Fsp3) is 0.200. The van der Waals surface area contributed by atoms with Crippen LogP contribution in [0.1, 0.15) is 18.1 Å². The first-order valence-electron chi connectivity index (χ1n) is 6.18. The Hall–Kier alpha value is -2.55. The fourth-order valence-electron chi connectivity index (χ4n) is 1.85. The average Bonchev–Trinajstić information content (AvgIpc) is 2.47. The molecule has 0 saturated carbocycles. The van der Waals surface area contributed by atoms with E-state index in [0.717, 1.165) is 6.07 Å². The normalized spacial score (nSPS) is 11.0. The van der Waals surface area contributed by atoms with Gasteiger partial charge < -0.3 is 4.74 Å². The van der Waals surface area contributed by atoms with Crippen LogP contribution < -0.4 is 4.74 Å². The second-order valence-corrected chi connectivity index (χ2v) is 4.14. The van der Waals surface area contributed by atoms with Crippen LogP contribution in [0.5, 0.6) is 5.88 Å². The quantitative estimate of drug-likeness (QED) is 0.857. The Labute approximate surface area is 119 Å². The van der Waals surface area contributed by atoms with Crippen molar-refractivity contribution in [2.45, 2.75) is 13.1 Å². The molecule has 1 heterocycles. The van der Waals surface area contributed by atoms with Gasteiger partial charge in [0.15, 0.2) is 0 Å². The van der Waals surface area contributed by atoms with Crippen molar-refractivity contribution < 1.29 is 17.9 Å². The zero-order valence-electron chi connectivity index (χ0n) is 11.1. The molecule has 0 N–H and O–H groups in total. The van der Waals surface area contributed by atoms with Crippen LogP contribution in [0, 0.1) is 11.3 Å². The molecule has 2 rings (SSSR count). The molecule has 0 aliphatic rings. The van der Waals surface area contributed by atoms with Gasteiger partial charge in [0.05, 0.1) is 17.9 Å². The van der Waals surface area contributed by atoms with E-state index in [2.05, 4.69) is 4.98 Å². The van der Waals surface area contributed by atoms with Crippen LogP contribution in [-0.2, 0) is 6.18 Å². The summed E-state index contributed by atoms with van der Waals surface area (Å²) in [6, 6.07) is 10.8. The molecule has 0 aliphatic heterocycles. The molecular weight excluding hydrogens is 281 g/mol. The van der Waals surface area contributed by atoms with Crippen molar-refractivity contribution in [3.05, 3.63) is 47.5 Å². The number of hydrogen-bond acceptors (Lipinski definition) is 3. The Balaban J connectivity index is 2.70. The lowest BCUT2D eigenvalue weighted by Gasteiger charge is -2.14. The van der Waals surface area contributed by atoms with Crippen LogP contribution in [0.3, 0.4) is 0 Å². The number of hydrogen-bond donors (Lipinski definition) is 0. The van der Waals surface area contributed by atoms with Crippen molar-refractivity contribution in [3.8, 4) is 23.2 Å². The Morgan fingerprint density at radius 3 is 2.43 bits per heavy atom. The number of nitriles is 1. The molecule has 6 heteroatoms. The van der Waals surface area contributed by atoms with Crippen LogP contribution >= 0.6 is 0 Å². The smallest absolute Gasteiger partial charge is 0.417 e. The van der Waals surface area contributed by atoms with Gasteiger partial charge in [-0.2, -0.15) is 18.4 Å². The summed E-state index contributed by atoms with van der Waals surface area (Å²) in [7, 11) is 0. The Kier molecular flexibility index (Phi) is 4.13. The number of halogens is 3. The predicted octanol–water partition coefficient (Wildman–Crippen LogP) is 4.04. The summed E-state index contributed by atoms with van der Waals surface area (Å²) < 4.78 is 44.4. The first-order chi connectivity index (χ1) is 9.97. The van der Waals surface area contributed by atoms with Crippen molar-refractivity contribution in [2.24, 2.45) is 0 Å². The Bertz CT molecular complexity index is 676. The lowest BCUT2D eigenvalue weighted by molar-refractivity contribution is -0.137. The third-order valence-corrected chi connectivity index (χ3v) is 2.75. The highest BCUT2D eigenvalue weighted by atomic mass is 19.4. The van der Waals surface area contributed by atoms with Gasteiger partial charge in [-0.25, -0.2) is 4.98 Å². The van der Waals surface area contributed by atoms with Crippen LogP contribution in [-0.4, -0.2) is 11.6 Å². The van der Waals surface area contributed by atoms with E-state index in [0.29, 0.717) is 5.56 Å². The van der Waals surface area contributed by atoms with Gasteiger partial charge >= 0.3 is 6.18 Å². The number of ether oxygens (including phenoxy) is 1. The fourth-order valence-corrected chi connectivity index (χ4v) is 1.85. The number of aromatic nitrogens is 1. The molecule has 0 spiro atoms. The highest BCUT2D eigenvalue weighted by Crippen LogP contribution is 2.37. The molecule has 21 heavy (non-hydrogen) atoms. The van der Waals surface area contributed by atoms with Gasteiger partial charge in [0.25, 0.3) is 0 Å². The van der Waals surface area contributed by atoms with Gasteiger partial charge in [0.1, 0.15) is 11.6 Å². The zero-order chi connectivity index (χ0) is 15.5. The molecule has 0 bridgehead atoms. The number of alkyl halides is 3. The molecule has 0 unspecified atom stereocenters. The predicted molar refractivity (Wildman–Crippen MR) is 70.6 cm³/mol. The topological polar surface area (TPSA) is 45.9 Å². The molecule has 2 aromatic rings. The van der Waals surface area contributed by atoms with Crippen molar-refractivity contribution in [1.82, 2.24) is 4.98 Å². The van der Waals surface area contributed by atoms with Crippen LogP contribution in [0.25, 0.3) is 11.3 Å². The van der Waals surface area contributed by atoms with E-state index >= 15 is 0 Å². The van der Waals surface area contributed by atoms with Crippen molar-refractivity contribution >= 4 is 0 Å². The van der Waals surface area contributed by atoms with E-state index < -0.39 is 17.3 Å². The average molecular weight is 292 g/mol. The number of nitrogens with zero attached hydrogens (tertiary/aromatic N) is 2. The molecule has 0 fully saturated rings. The molecule has 0 amide bonds. The summed E-state index contributed by atoms with van der Waals surface area (Å²) in [4.78, 5) is 4.03. The van der Waals surface area contributed by atoms with E-state index in [4.69, 9.17) is 10.00 Å². The summed E-state index contributed by atoms with van der Waals surface area (Å²) in [5, 5.41) is 8.98. The lowest BCUT2D eigenvalue weighted by Crippen LogP contribution is -2.11. The van der Waals surface area contributed by atoms with E-state index in [1.165, 1.54) is 6.07 Å². The zero-order valence-corrected chi connectivity index (χ0v) is 11.1. The summed E-state index contributed by atoms with van der Waals surface area (Å²) in [6.07, 6.45) is -4.65. The Morgan fingerprint density at radius 2 is 1.90 bits per heavy atom. The standard InChI is InChI=1S/C15H11F3N2O/c1-2-21-14-11(9-19)12(15(16,17)18)8-13(20-14)10-6-4-3-5-7-10/h3-8H,2H2,1H3. The molecule has 1 aromatic carbocycles. The molecule has 1 aromatic heterocycles. The summed E-state index contributed by atoms with van der Waals surface area (Å²) >= 11 is 0.